The van der Waals surface area contributed by atoms with Crippen molar-refractivity contribution in [3.05, 3.63) is 89.7 Å². The lowest BCUT2D eigenvalue weighted by Crippen LogP contribution is -2.50. The van der Waals surface area contributed by atoms with Crippen LogP contribution in [0.4, 0.5) is 10.1 Å². The molecule has 0 bridgehead atoms. The van der Waals surface area contributed by atoms with E-state index in [4.69, 9.17) is 4.74 Å². The summed E-state index contributed by atoms with van der Waals surface area (Å²) >= 11 is 0. The van der Waals surface area contributed by atoms with E-state index in [2.05, 4.69) is 9.62 Å². The van der Waals surface area contributed by atoms with Gasteiger partial charge in [-0.05, 0) is 60.5 Å². The Bertz CT molecular complexity index is 1260. The topological polar surface area (TPSA) is 78.9 Å². The molecular weight excluding hydrogens is 469 g/mol. The minimum Gasteiger partial charge on any atom is -0.483 e. The van der Waals surface area contributed by atoms with E-state index in [1.807, 2.05) is 30.3 Å². The molecule has 3 aromatic carbocycles. The molecule has 184 valence electrons. The van der Waals surface area contributed by atoms with Gasteiger partial charge in [-0.1, -0.05) is 30.3 Å². The van der Waals surface area contributed by atoms with E-state index in [9.17, 15) is 17.6 Å². The molecule has 0 atom stereocenters. The molecule has 1 N–H and O–H groups in total. The maximum atomic E-state index is 13.1. The van der Waals surface area contributed by atoms with Crippen molar-refractivity contribution in [3.8, 4) is 5.75 Å². The number of anilines is 1. The van der Waals surface area contributed by atoms with Crippen LogP contribution in [0.25, 0.3) is 0 Å². The number of ether oxygens (including phenoxy) is 1. The van der Waals surface area contributed by atoms with Crippen molar-refractivity contribution in [3.63, 3.8) is 0 Å². The molecule has 1 heterocycles. The molecule has 7 nitrogen and oxygen atoms in total. The van der Waals surface area contributed by atoms with E-state index < -0.39 is 10.0 Å². The van der Waals surface area contributed by atoms with Gasteiger partial charge < -0.3 is 14.5 Å². The second-order valence-corrected chi connectivity index (χ2v) is 10.1. The predicted molar refractivity (Wildman–Crippen MR) is 132 cm³/mol. The first kappa shape index (κ1) is 24.7. The number of hydrogen-bond donors (Lipinski definition) is 1. The molecule has 9 heteroatoms. The maximum absolute atomic E-state index is 13.1. The summed E-state index contributed by atoms with van der Waals surface area (Å²) in [5.41, 5.74) is 2.42. The Morgan fingerprint density at radius 2 is 1.66 bits per heavy atom. The van der Waals surface area contributed by atoms with Crippen LogP contribution in [0.2, 0.25) is 0 Å². The first-order chi connectivity index (χ1) is 16.8. The van der Waals surface area contributed by atoms with Crippen molar-refractivity contribution >= 4 is 21.6 Å². The van der Waals surface area contributed by atoms with Gasteiger partial charge in [-0.2, -0.15) is 0 Å². The molecule has 4 rings (SSSR count). The normalized spacial score (nSPS) is 14.1. The van der Waals surface area contributed by atoms with Gasteiger partial charge in [0.25, 0.3) is 5.91 Å². The van der Waals surface area contributed by atoms with Crippen LogP contribution in [-0.4, -0.2) is 52.0 Å². The maximum Gasteiger partial charge on any atom is 0.260 e. The number of rotatable bonds is 8. The fourth-order valence-corrected chi connectivity index (χ4v) is 5.01. The van der Waals surface area contributed by atoms with Crippen molar-refractivity contribution in [1.29, 1.82) is 0 Å². The Morgan fingerprint density at radius 1 is 0.971 bits per heavy atom. The first-order valence-electron chi connectivity index (χ1n) is 11.4. The third-order valence-corrected chi connectivity index (χ3v) is 7.34. The number of hydrogen-bond acceptors (Lipinski definition) is 5. The minimum atomic E-state index is -3.68. The van der Waals surface area contributed by atoms with Crippen LogP contribution in [0, 0.1) is 12.7 Å². The Hall–Kier alpha value is -3.43. The Labute approximate surface area is 205 Å². The SMILES string of the molecule is Cc1cc(S(=O)(=O)NCc2ccccc2)ccc1OCC(=O)N1CCN(c2ccc(F)cc2)CC1. The van der Waals surface area contributed by atoms with Crippen molar-refractivity contribution in [1.82, 2.24) is 9.62 Å². The van der Waals surface area contributed by atoms with Crippen LogP contribution in [0.3, 0.4) is 0 Å². The summed E-state index contributed by atoms with van der Waals surface area (Å²) in [6.45, 7) is 4.21. The third kappa shape index (κ3) is 6.37. The molecule has 0 aromatic heterocycles. The molecule has 35 heavy (non-hydrogen) atoms. The first-order valence-corrected chi connectivity index (χ1v) is 12.9. The number of amides is 1. The molecule has 0 unspecified atom stereocenters. The molecule has 1 aliphatic heterocycles. The smallest absolute Gasteiger partial charge is 0.260 e. The summed E-state index contributed by atoms with van der Waals surface area (Å²) < 4.78 is 46.7. The highest BCUT2D eigenvalue weighted by Gasteiger charge is 2.22. The summed E-state index contributed by atoms with van der Waals surface area (Å²) in [5.74, 6) is 0.0544. The largest absolute Gasteiger partial charge is 0.483 e. The van der Waals surface area contributed by atoms with Crippen LogP contribution in [0.5, 0.6) is 5.75 Å². The Balaban J connectivity index is 1.29. The van der Waals surface area contributed by atoms with Gasteiger partial charge in [0, 0.05) is 38.4 Å². The number of sulfonamides is 1. The van der Waals surface area contributed by atoms with Crippen LogP contribution < -0.4 is 14.4 Å². The fraction of sp³-hybridized carbons (Fsp3) is 0.269. The number of piperazine rings is 1. The average Bonchev–Trinajstić information content (AvgIpc) is 2.88. The second kappa shape index (κ2) is 10.9. The van der Waals surface area contributed by atoms with Gasteiger partial charge in [-0.15, -0.1) is 0 Å². The number of nitrogens with one attached hydrogen (secondary N) is 1. The van der Waals surface area contributed by atoms with E-state index >= 15 is 0 Å². The monoisotopic (exact) mass is 497 g/mol. The highest BCUT2D eigenvalue weighted by atomic mass is 32.2. The summed E-state index contributed by atoms with van der Waals surface area (Å²) in [4.78, 5) is 16.6. The van der Waals surface area contributed by atoms with Crippen LogP contribution >= 0.6 is 0 Å². The van der Waals surface area contributed by atoms with Crippen LogP contribution in [-0.2, 0) is 21.4 Å². The van der Waals surface area contributed by atoms with Gasteiger partial charge in [-0.3, -0.25) is 4.79 Å². The number of carbonyl (C=O) groups excluding carboxylic acids is 1. The van der Waals surface area contributed by atoms with Crippen molar-refractivity contribution in [2.24, 2.45) is 0 Å². The van der Waals surface area contributed by atoms with Crippen LogP contribution in [0.15, 0.2) is 77.7 Å². The van der Waals surface area contributed by atoms with Gasteiger partial charge in [-0.25, -0.2) is 17.5 Å². The summed E-state index contributed by atoms with van der Waals surface area (Å²) in [6, 6.07) is 20.2. The quantitative estimate of drug-likeness (QED) is 0.517. The van der Waals surface area contributed by atoms with E-state index in [1.54, 1.807) is 30.0 Å². The molecule has 3 aromatic rings. The molecule has 1 aliphatic rings. The van der Waals surface area contributed by atoms with Gasteiger partial charge in [0.05, 0.1) is 4.90 Å². The molecule has 0 radical (unpaired) electrons. The summed E-state index contributed by atoms with van der Waals surface area (Å²) in [7, 11) is -3.68. The molecule has 1 saturated heterocycles. The van der Waals surface area contributed by atoms with Crippen molar-refractivity contribution in [2.45, 2.75) is 18.4 Å². The molecular formula is C26H28FN3O4S. The molecule has 0 saturated carbocycles. The standard InChI is InChI=1S/C26H28FN3O4S/c1-20-17-24(35(32,33)28-18-21-5-3-2-4-6-21)11-12-25(20)34-19-26(31)30-15-13-29(14-16-30)23-9-7-22(27)8-10-23/h2-12,17,28H,13-16,18-19H2,1H3. The number of nitrogens with zero attached hydrogens (tertiary/aromatic N) is 2. The lowest BCUT2D eigenvalue weighted by Gasteiger charge is -2.36. The van der Waals surface area contributed by atoms with Crippen molar-refractivity contribution in [2.75, 3.05) is 37.7 Å². The summed E-state index contributed by atoms with van der Waals surface area (Å²) in [5, 5.41) is 0. The van der Waals surface area contributed by atoms with E-state index in [0.29, 0.717) is 37.5 Å². The average molecular weight is 498 g/mol. The van der Waals surface area contributed by atoms with Crippen LogP contribution in [0.1, 0.15) is 11.1 Å². The Kier molecular flexibility index (Phi) is 7.67. The van der Waals surface area contributed by atoms with Gasteiger partial charge in [0.1, 0.15) is 11.6 Å². The molecule has 0 aliphatic carbocycles. The van der Waals surface area contributed by atoms with Gasteiger partial charge in [0.2, 0.25) is 10.0 Å². The number of aryl methyl sites for hydroxylation is 1. The fourth-order valence-electron chi connectivity index (χ4n) is 3.91. The second-order valence-electron chi connectivity index (χ2n) is 8.37. The van der Waals surface area contributed by atoms with E-state index in [-0.39, 0.29) is 29.8 Å². The van der Waals surface area contributed by atoms with E-state index in [1.165, 1.54) is 24.3 Å². The van der Waals surface area contributed by atoms with E-state index in [0.717, 1.165) is 11.3 Å². The molecule has 1 fully saturated rings. The number of benzene rings is 3. The van der Waals surface area contributed by atoms with Gasteiger partial charge in [0.15, 0.2) is 6.61 Å². The third-order valence-electron chi connectivity index (χ3n) is 5.94. The minimum absolute atomic E-state index is 0.129. The zero-order valence-electron chi connectivity index (χ0n) is 19.5. The van der Waals surface area contributed by atoms with Crippen molar-refractivity contribution < 1.29 is 22.3 Å². The number of halogens is 1. The predicted octanol–water partition coefficient (Wildman–Crippen LogP) is 3.34. The number of carbonyl (C=O) groups is 1. The zero-order chi connectivity index (χ0) is 24.8. The van der Waals surface area contributed by atoms with Gasteiger partial charge >= 0.3 is 0 Å². The zero-order valence-corrected chi connectivity index (χ0v) is 20.3. The lowest BCUT2D eigenvalue weighted by atomic mass is 10.2. The highest BCUT2D eigenvalue weighted by molar-refractivity contribution is 7.89. The molecule has 1 amide bonds. The lowest BCUT2D eigenvalue weighted by molar-refractivity contribution is -0.133. The Morgan fingerprint density at radius 3 is 2.31 bits per heavy atom. The molecule has 0 spiro atoms. The summed E-state index contributed by atoms with van der Waals surface area (Å²) in [6.07, 6.45) is 0. The highest BCUT2D eigenvalue weighted by Crippen LogP contribution is 2.22.